The second-order valence-electron chi connectivity index (χ2n) is 7.31. The van der Waals surface area contributed by atoms with Crippen LogP contribution in [0.15, 0.2) is 59.6 Å². The van der Waals surface area contributed by atoms with Crippen LogP contribution in [0.3, 0.4) is 0 Å². The van der Waals surface area contributed by atoms with Gasteiger partial charge in [0.15, 0.2) is 12.0 Å². The highest BCUT2D eigenvalue weighted by atomic mass is 16.4. The highest BCUT2D eigenvalue weighted by Gasteiger charge is 2.43. The summed E-state index contributed by atoms with van der Waals surface area (Å²) in [6, 6.07) is 12.4. The Kier molecular flexibility index (Phi) is 7.24. The third-order valence-electron chi connectivity index (χ3n) is 4.96. The Balaban J connectivity index is 1.53. The maximum atomic E-state index is 12.7. The summed E-state index contributed by atoms with van der Waals surface area (Å²) in [5.41, 5.74) is 11.9. The van der Waals surface area contributed by atoms with Gasteiger partial charge in [0.2, 0.25) is 0 Å². The Morgan fingerprint density at radius 1 is 1.06 bits per heavy atom. The van der Waals surface area contributed by atoms with E-state index < -0.39 is 23.9 Å². The van der Waals surface area contributed by atoms with Crippen LogP contribution in [0.25, 0.3) is 0 Å². The number of carboxylic acid groups (broad SMARTS) is 1. The number of rotatable bonds is 9. The summed E-state index contributed by atoms with van der Waals surface area (Å²) in [7, 11) is 0. The van der Waals surface area contributed by atoms with Gasteiger partial charge in [0, 0.05) is 18.7 Å². The van der Waals surface area contributed by atoms with Gasteiger partial charge in [0.05, 0.1) is 5.69 Å². The van der Waals surface area contributed by atoms with E-state index in [-0.39, 0.29) is 31.5 Å². The molecule has 1 atom stereocenters. The summed E-state index contributed by atoms with van der Waals surface area (Å²) >= 11 is 0. The van der Waals surface area contributed by atoms with Crippen molar-refractivity contribution in [2.45, 2.75) is 12.5 Å². The molecule has 1 heterocycles. The molecule has 1 aliphatic rings. The Morgan fingerprint density at radius 2 is 1.73 bits per heavy atom. The van der Waals surface area contributed by atoms with Crippen LogP contribution in [0.1, 0.15) is 28.4 Å². The molecule has 11 nitrogen and oxygen atoms in total. The quantitative estimate of drug-likeness (QED) is 0.189. The Labute approximate surface area is 189 Å². The highest BCUT2D eigenvalue weighted by Crippen LogP contribution is 2.26. The second-order valence-corrected chi connectivity index (χ2v) is 7.31. The lowest BCUT2D eigenvalue weighted by molar-refractivity contribution is -0.146. The monoisotopic (exact) mass is 452 g/mol. The Bertz CT molecular complexity index is 1070. The molecule has 3 rings (SSSR count). The van der Waals surface area contributed by atoms with Crippen LogP contribution >= 0.6 is 0 Å². The van der Waals surface area contributed by atoms with E-state index in [1.54, 1.807) is 54.6 Å². The molecule has 0 spiro atoms. The summed E-state index contributed by atoms with van der Waals surface area (Å²) in [5, 5.41) is 12.4. The summed E-state index contributed by atoms with van der Waals surface area (Å²) in [6.07, 6.45) is 0.383. The van der Waals surface area contributed by atoms with Crippen LogP contribution in [0, 0.1) is 0 Å². The standard InChI is InChI=1S/C22H24N6O5/c23-21(24)26-16-9-7-15(8-10-16)19(30)25-11-4-12-27-13-17(29)28(22(27)33)18(20(31)32)14-5-2-1-3-6-14/h1-3,5-10,18H,4,11-13H2,(H,25,30)(H,31,32)(H4,23,24,26). The van der Waals surface area contributed by atoms with Crippen molar-refractivity contribution in [3.63, 3.8) is 0 Å². The normalized spacial score (nSPS) is 14.2. The van der Waals surface area contributed by atoms with E-state index in [0.717, 1.165) is 4.90 Å². The third kappa shape index (κ3) is 5.64. The maximum Gasteiger partial charge on any atom is 0.331 e. The van der Waals surface area contributed by atoms with Gasteiger partial charge in [-0.2, -0.15) is 0 Å². The molecule has 1 aliphatic heterocycles. The molecule has 4 amide bonds. The highest BCUT2D eigenvalue weighted by molar-refractivity contribution is 6.05. The molecule has 0 bridgehead atoms. The van der Waals surface area contributed by atoms with E-state index >= 15 is 0 Å². The van der Waals surface area contributed by atoms with Crippen LogP contribution in [0.5, 0.6) is 0 Å². The second kappa shape index (κ2) is 10.3. The average molecular weight is 452 g/mol. The molecule has 11 heteroatoms. The molecule has 1 saturated heterocycles. The summed E-state index contributed by atoms with van der Waals surface area (Å²) < 4.78 is 0. The SMILES string of the molecule is NC(N)=Nc1ccc(C(=O)NCCCN2CC(=O)N(C(C(=O)O)c3ccccc3)C2=O)cc1. The van der Waals surface area contributed by atoms with Crippen molar-refractivity contribution in [1.29, 1.82) is 0 Å². The van der Waals surface area contributed by atoms with Gasteiger partial charge in [-0.1, -0.05) is 30.3 Å². The van der Waals surface area contributed by atoms with E-state index in [0.29, 0.717) is 23.2 Å². The van der Waals surface area contributed by atoms with Gasteiger partial charge in [0.1, 0.15) is 6.54 Å². The van der Waals surface area contributed by atoms with Gasteiger partial charge in [0.25, 0.3) is 11.8 Å². The lowest BCUT2D eigenvalue weighted by atomic mass is 10.1. The molecular formula is C22H24N6O5. The van der Waals surface area contributed by atoms with Crippen LogP contribution in [-0.2, 0) is 9.59 Å². The number of carbonyl (C=O) groups is 4. The number of nitrogens with one attached hydrogen (secondary N) is 1. The zero-order valence-corrected chi connectivity index (χ0v) is 17.7. The number of nitrogens with zero attached hydrogens (tertiary/aromatic N) is 3. The first-order valence-corrected chi connectivity index (χ1v) is 10.1. The molecule has 2 aromatic rings. The molecule has 0 radical (unpaired) electrons. The van der Waals surface area contributed by atoms with Crippen LogP contribution < -0.4 is 16.8 Å². The first kappa shape index (κ1) is 23.3. The Hall–Kier alpha value is -4.41. The number of carboxylic acids is 1. The number of hydrogen-bond donors (Lipinski definition) is 4. The zero-order valence-electron chi connectivity index (χ0n) is 17.7. The van der Waals surface area contributed by atoms with Crippen molar-refractivity contribution in [3.05, 3.63) is 65.7 Å². The lowest BCUT2D eigenvalue weighted by Crippen LogP contribution is -2.40. The third-order valence-corrected chi connectivity index (χ3v) is 4.96. The summed E-state index contributed by atoms with van der Waals surface area (Å²) in [6.45, 7) is 0.231. The molecule has 0 aliphatic carbocycles. The minimum Gasteiger partial charge on any atom is -0.479 e. The van der Waals surface area contributed by atoms with E-state index in [1.165, 1.54) is 4.90 Å². The number of guanidine groups is 1. The van der Waals surface area contributed by atoms with E-state index in [9.17, 15) is 24.3 Å². The van der Waals surface area contributed by atoms with Crippen LogP contribution in [0.4, 0.5) is 10.5 Å². The molecule has 172 valence electrons. The van der Waals surface area contributed by atoms with Gasteiger partial charge in [-0.3, -0.25) is 9.59 Å². The largest absolute Gasteiger partial charge is 0.479 e. The number of imide groups is 1. The van der Waals surface area contributed by atoms with Crippen molar-refractivity contribution in [3.8, 4) is 0 Å². The number of amides is 4. The number of hydrogen-bond acceptors (Lipinski definition) is 5. The van der Waals surface area contributed by atoms with Gasteiger partial charge in [-0.15, -0.1) is 0 Å². The van der Waals surface area contributed by atoms with E-state index in [2.05, 4.69) is 10.3 Å². The Morgan fingerprint density at radius 3 is 2.33 bits per heavy atom. The maximum absolute atomic E-state index is 12.7. The number of aliphatic carboxylic acids is 1. The first-order valence-electron chi connectivity index (χ1n) is 10.1. The molecule has 1 unspecified atom stereocenters. The topological polar surface area (TPSA) is 171 Å². The van der Waals surface area contributed by atoms with E-state index in [4.69, 9.17) is 11.5 Å². The fourth-order valence-corrected chi connectivity index (χ4v) is 3.44. The van der Waals surface area contributed by atoms with E-state index in [1.807, 2.05) is 0 Å². The van der Waals surface area contributed by atoms with Crippen molar-refractivity contribution >= 4 is 35.5 Å². The minimum atomic E-state index is -1.39. The summed E-state index contributed by atoms with van der Waals surface area (Å²) in [5.74, 6) is -2.27. The zero-order chi connectivity index (χ0) is 24.0. The average Bonchev–Trinajstić information content (AvgIpc) is 3.05. The number of benzene rings is 2. The number of urea groups is 1. The molecular weight excluding hydrogens is 428 g/mol. The lowest BCUT2D eigenvalue weighted by Gasteiger charge is -2.23. The molecule has 2 aromatic carbocycles. The number of aliphatic imine (C=N–C) groups is 1. The molecule has 6 N–H and O–H groups in total. The van der Waals surface area contributed by atoms with Crippen molar-refractivity contribution in [2.24, 2.45) is 16.5 Å². The van der Waals surface area contributed by atoms with Crippen LogP contribution in [-0.4, -0.2) is 64.3 Å². The fourth-order valence-electron chi connectivity index (χ4n) is 3.44. The van der Waals surface area contributed by atoms with Gasteiger partial charge < -0.3 is 26.8 Å². The predicted octanol–water partition coefficient (Wildman–Crippen LogP) is 0.802. The smallest absolute Gasteiger partial charge is 0.331 e. The van der Waals surface area contributed by atoms with Crippen molar-refractivity contribution in [2.75, 3.05) is 19.6 Å². The first-order chi connectivity index (χ1) is 15.8. The molecule has 1 fully saturated rings. The van der Waals surface area contributed by atoms with Gasteiger partial charge in [-0.05, 0) is 36.2 Å². The van der Waals surface area contributed by atoms with Gasteiger partial charge >= 0.3 is 12.0 Å². The minimum absolute atomic E-state index is 0.0841. The summed E-state index contributed by atoms with van der Waals surface area (Å²) in [4.78, 5) is 55.2. The van der Waals surface area contributed by atoms with Crippen LogP contribution in [0.2, 0.25) is 0 Å². The van der Waals surface area contributed by atoms with Crippen molar-refractivity contribution < 1.29 is 24.3 Å². The number of carbonyl (C=O) groups excluding carboxylic acids is 3. The molecule has 0 aromatic heterocycles. The molecule has 0 saturated carbocycles. The predicted molar refractivity (Wildman–Crippen MR) is 119 cm³/mol. The number of nitrogens with two attached hydrogens (primary N) is 2. The molecule has 33 heavy (non-hydrogen) atoms. The van der Waals surface area contributed by atoms with Gasteiger partial charge in [-0.25, -0.2) is 19.5 Å². The fraction of sp³-hybridized carbons (Fsp3) is 0.227. The van der Waals surface area contributed by atoms with Crippen molar-refractivity contribution in [1.82, 2.24) is 15.1 Å².